The van der Waals surface area contributed by atoms with Crippen LogP contribution in [0.5, 0.6) is 0 Å². The Hall–Kier alpha value is -1.29. The molecule has 0 radical (unpaired) electrons. The number of likely N-dealkylation sites (N-methyl/N-ethyl adjacent to an activating group) is 1. The Labute approximate surface area is 102 Å². The van der Waals surface area contributed by atoms with E-state index in [0.717, 1.165) is 31.7 Å². The number of hydrogen-bond donors (Lipinski definition) is 1. The van der Waals surface area contributed by atoms with Crippen molar-refractivity contribution in [1.82, 2.24) is 10.2 Å². The first-order chi connectivity index (χ1) is 8.31. The number of piperidine rings is 1. The molecule has 1 aromatic heterocycles. The Morgan fingerprint density at radius 1 is 1.59 bits per heavy atom. The molecule has 1 aliphatic heterocycles. The first-order valence-electron chi connectivity index (χ1n) is 6.36. The topological polar surface area (TPSA) is 45.5 Å². The van der Waals surface area contributed by atoms with Crippen LogP contribution in [0.3, 0.4) is 0 Å². The summed E-state index contributed by atoms with van der Waals surface area (Å²) in [5.41, 5.74) is 0. The van der Waals surface area contributed by atoms with Gasteiger partial charge in [-0.05, 0) is 38.4 Å². The molecule has 1 amide bonds. The zero-order valence-electron chi connectivity index (χ0n) is 10.3. The predicted molar refractivity (Wildman–Crippen MR) is 65.4 cm³/mol. The van der Waals surface area contributed by atoms with Crippen LogP contribution in [0.4, 0.5) is 0 Å². The zero-order valence-corrected chi connectivity index (χ0v) is 10.3. The van der Waals surface area contributed by atoms with E-state index in [1.807, 2.05) is 24.0 Å². The molecule has 0 aliphatic carbocycles. The second-order valence-corrected chi connectivity index (χ2v) is 4.43. The minimum atomic E-state index is -0.00124. The van der Waals surface area contributed by atoms with Crippen molar-refractivity contribution in [2.45, 2.75) is 38.8 Å². The first kappa shape index (κ1) is 12.2. The number of nitrogens with zero attached hydrogens (tertiary/aromatic N) is 1. The van der Waals surface area contributed by atoms with Gasteiger partial charge in [0.05, 0.1) is 18.8 Å². The van der Waals surface area contributed by atoms with Crippen molar-refractivity contribution in [2.75, 3.05) is 13.1 Å². The molecular weight excluding hydrogens is 216 g/mol. The molecule has 1 saturated heterocycles. The lowest BCUT2D eigenvalue weighted by atomic mass is 10.0. The second kappa shape index (κ2) is 5.87. The van der Waals surface area contributed by atoms with E-state index in [1.165, 1.54) is 6.42 Å². The van der Waals surface area contributed by atoms with E-state index in [9.17, 15) is 4.79 Å². The lowest BCUT2D eigenvalue weighted by Crippen LogP contribution is -2.48. The molecule has 1 N–H and O–H groups in total. The summed E-state index contributed by atoms with van der Waals surface area (Å²) in [7, 11) is 0. The molecule has 0 saturated carbocycles. The highest BCUT2D eigenvalue weighted by Crippen LogP contribution is 2.12. The Balaban J connectivity index is 1.94. The molecule has 1 aromatic rings. The van der Waals surface area contributed by atoms with Crippen LogP contribution in [0.25, 0.3) is 0 Å². The molecule has 1 atom stereocenters. The first-order valence-corrected chi connectivity index (χ1v) is 6.36. The molecule has 17 heavy (non-hydrogen) atoms. The molecule has 0 spiro atoms. The molecule has 0 aromatic carbocycles. The largest absolute Gasteiger partial charge is 0.467 e. The van der Waals surface area contributed by atoms with Gasteiger partial charge in [0.2, 0.25) is 5.91 Å². The molecule has 94 valence electrons. The van der Waals surface area contributed by atoms with E-state index in [2.05, 4.69) is 5.32 Å². The Bertz CT molecular complexity index is 342. The molecule has 1 fully saturated rings. The molecule has 0 bridgehead atoms. The van der Waals surface area contributed by atoms with Gasteiger partial charge in [0, 0.05) is 6.54 Å². The Morgan fingerprint density at radius 3 is 3.06 bits per heavy atom. The summed E-state index contributed by atoms with van der Waals surface area (Å²) < 4.78 is 5.29. The predicted octanol–water partition coefficient (Wildman–Crippen LogP) is 1.77. The van der Waals surface area contributed by atoms with Crippen LogP contribution in [0.2, 0.25) is 0 Å². The highest BCUT2D eigenvalue weighted by atomic mass is 16.3. The third-order valence-corrected chi connectivity index (χ3v) is 3.23. The minimum Gasteiger partial charge on any atom is -0.467 e. The van der Waals surface area contributed by atoms with E-state index in [0.29, 0.717) is 6.54 Å². The summed E-state index contributed by atoms with van der Waals surface area (Å²) in [4.78, 5) is 14.1. The van der Waals surface area contributed by atoms with Gasteiger partial charge in [-0.1, -0.05) is 6.42 Å². The van der Waals surface area contributed by atoms with Crippen LogP contribution < -0.4 is 5.32 Å². The van der Waals surface area contributed by atoms with E-state index in [4.69, 9.17) is 4.42 Å². The van der Waals surface area contributed by atoms with Crippen LogP contribution in [-0.4, -0.2) is 29.9 Å². The lowest BCUT2D eigenvalue weighted by molar-refractivity contribution is -0.134. The lowest BCUT2D eigenvalue weighted by Gasteiger charge is -2.28. The zero-order chi connectivity index (χ0) is 12.1. The summed E-state index contributed by atoms with van der Waals surface area (Å²) in [6.45, 7) is 4.25. The van der Waals surface area contributed by atoms with Gasteiger partial charge in [-0.25, -0.2) is 0 Å². The highest BCUT2D eigenvalue weighted by Gasteiger charge is 2.25. The smallest absolute Gasteiger partial charge is 0.240 e. The maximum Gasteiger partial charge on any atom is 0.240 e. The fourth-order valence-electron chi connectivity index (χ4n) is 2.22. The molecule has 1 unspecified atom stereocenters. The Morgan fingerprint density at radius 2 is 2.47 bits per heavy atom. The second-order valence-electron chi connectivity index (χ2n) is 4.43. The van der Waals surface area contributed by atoms with Gasteiger partial charge in [0.1, 0.15) is 5.76 Å². The van der Waals surface area contributed by atoms with Crippen LogP contribution in [-0.2, 0) is 11.3 Å². The molecular formula is C13H20N2O2. The summed E-state index contributed by atoms with van der Waals surface area (Å²) in [6, 6.07) is 3.76. The number of hydrogen-bond acceptors (Lipinski definition) is 3. The standard InChI is InChI=1S/C13H20N2O2/c1-2-15(10-11-6-5-9-17-11)13(16)12-7-3-4-8-14-12/h5-6,9,12,14H,2-4,7-8,10H2,1H3. The minimum absolute atomic E-state index is 0.00124. The third kappa shape index (κ3) is 3.09. The van der Waals surface area contributed by atoms with Gasteiger partial charge in [-0.2, -0.15) is 0 Å². The summed E-state index contributed by atoms with van der Waals surface area (Å²) in [6.07, 6.45) is 4.91. The van der Waals surface area contributed by atoms with Crippen LogP contribution in [0.15, 0.2) is 22.8 Å². The number of rotatable bonds is 4. The monoisotopic (exact) mass is 236 g/mol. The van der Waals surface area contributed by atoms with Crippen LogP contribution in [0.1, 0.15) is 31.9 Å². The van der Waals surface area contributed by atoms with E-state index in [-0.39, 0.29) is 11.9 Å². The van der Waals surface area contributed by atoms with E-state index >= 15 is 0 Å². The Kier molecular flexibility index (Phi) is 4.20. The molecule has 4 heteroatoms. The molecule has 2 rings (SSSR count). The summed E-state index contributed by atoms with van der Waals surface area (Å²) in [5, 5.41) is 3.29. The van der Waals surface area contributed by atoms with Crippen LogP contribution >= 0.6 is 0 Å². The molecule has 4 nitrogen and oxygen atoms in total. The van der Waals surface area contributed by atoms with Gasteiger partial charge >= 0.3 is 0 Å². The van der Waals surface area contributed by atoms with Crippen molar-refractivity contribution in [3.8, 4) is 0 Å². The van der Waals surface area contributed by atoms with Crippen molar-refractivity contribution in [1.29, 1.82) is 0 Å². The van der Waals surface area contributed by atoms with Crippen molar-refractivity contribution in [3.63, 3.8) is 0 Å². The van der Waals surface area contributed by atoms with Gasteiger partial charge in [0.15, 0.2) is 0 Å². The van der Waals surface area contributed by atoms with Crippen molar-refractivity contribution < 1.29 is 9.21 Å². The summed E-state index contributed by atoms with van der Waals surface area (Å²) >= 11 is 0. The van der Waals surface area contributed by atoms with Crippen molar-refractivity contribution in [3.05, 3.63) is 24.2 Å². The van der Waals surface area contributed by atoms with E-state index < -0.39 is 0 Å². The third-order valence-electron chi connectivity index (χ3n) is 3.23. The van der Waals surface area contributed by atoms with Gasteiger partial charge < -0.3 is 14.6 Å². The molecule has 1 aliphatic rings. The SMILES string of the molecule is CCN(Cc1ccco1)C(=O)C1CCCCN1. The number of carbonyl (C=O) groups is 1. The number of carbonyl (C=O) groups excluding carboxylic acids is 1. The quantitative estimate of drug-likeness (QED) is 0.866. The number of nitrogens with one attached hydrogen (secondary N) is 1. The van der Waals surface area contributed by atoms with Crippen molar-refractivity contribution >= 4 is 5.91 Å². The normalized spacial score (nSPS) is 20.2. The maximum atomic E-state index is 12.3. The van der Waals surface area contributed by atoms with Gasteiger partial charge in [-0.15, -0.1) is 0 Å². The fraction of sp³-hybridized carbons (Fsp3) is 0.615. The van der Waals surface area contributed by atoms with Gasteiger partial charge in [-0.3, -0.25) is 4.79 Å². The highest BCUT2D eigenvalue weighted by molar-refractivity contribution is 5.81. The average Bonchev–Trinajstić information content (AvgIpc) is 2.89. The van der Waals surface area contributed by atoms with E-state index in [1.54, 1.807) is 6.26 Å². The number of furan rings is 1. The van der Waals surface area contributed by atoms with Gasteiger partial charge in [0.25, 0.3) is 0 Å². The number of amides is 1. The summed E-state index contributed by atoms with van der Waals surface area (Å²) in [5.74, 6) is 1.04. The fourth-order valence-corrected chi connectivity index (χ4v) is 2.22. The molecule has 2 heterocycles. The van der Waals surface area contributed by atoms with Crippen molar-refractivity contribution in [2.24, 2.45) is 0 Å². The average molecular weight is 236 g/mol. The maximum absolute atomic E-state index is 12.3. The van der Waals surface area contributed by atoms with Crippen LogP contribution in [0, 0.1) is 0 Å².